The molecule has 0 N–H and O–H groups in total. The number of hydrogen-bond acceptors (Lipinski definition) is 6. The Morgan fingerprint density at radius 2 is 1.85 bits per heavy atom. The van der Waals surface area contributed by atoms with Crippen molar-refractivity contribution in [3.8, 4) is 11.4 Å². The highest BCUT2D eigenvalue weighted by atomic mass is 32.2. The van der Waals surface area contributed by atoms with Gasteiger partial charge in [-0.25, -0.2) is 8.42 Å². The number of rotatable bonds is 11. The van der Waals surface area contributed by atoms with Gasteiger partial charge in [0, 0.05) is 30.8 Å². The summed E-state index contributed by atoms with van der Waals surface area (Å²) in [5.74, 6) is 0.766. The summed E-state index contributed by atoms with van der Waals surface area (Å²) < 4.78 is 29.2. The molecule has 3 aromatic rings. The van der Waals surface area contributed by atoms with Crippen LogP contribution < -0.4 is 0 Å². The normalized spacial score (nSPS) is 11.7. The van der Waals surface area contributed by atoms with E-state index in [1.807, 2.05) is 50.5 Å². The Hall–Kier alpha value is -2.75. The van der Waals surface area contributed by atoms with Gasteiger partial charge >= 0.3 is 0 Å². The molecular formula is C25H30N4O3S2. The van der Waals surface area contributed by atoms with Gasteiger partial charge in [0.1, 0.15) is 0 Å². The molecule has 0 saturated carbocycles. The first-order valence-electron chi connectivity index (χ1n) is 11.1. The number of carbonyl (C=O) groups excluding carboxylic acids is 1. The number of ketones is 1. The molecular weight excluding hydrogens is 468 g/mol. The third kappa shape index (κ3) is 5.48. The quantitative estimate of drug-likeness (QED) is 0.215. The van der Waals surface area contributed by atoms with Crippen molar-refractivity contribution in [3.05, 3.63) is 71.8 Å². The van der Waals surface area contributed by atoms with Crippen molar-refractivity contribution in [2.75, 3.05) is 18.8 Å². The van der Waals surface area contributed by atoms with E-state index in [-0.39, 0.29) is 16.4 Å². The first-order valence-corrected chi connectivity index (χ1v) is 13.5. The lowest BCUT2D eigenvalue weighted by molar-refractivity contribution is 0.102. The fourth-order valence-corrected chi connectivity index (χ4v) is 5.99. The van der Waals surface area contributed by atoms with Crippen LogP contribution in [0.3, 0.4) is 0 Å². The summed E-state index contributed by atoms with van der Waals surface area (Å²) in [6.45, 7) is 12.6. The van der Waals surface area contributed by atoms with Gasteiger partial charge in [-0.2, -0.15) is 4.31 Å². The molecule has 1 aromatic heterocycles. The molecule has 0 amide bonds. The van der Waals surface area contributed by atoms with Crippen LogP contribution in [0.25, 0.3) is 11.4 Å². The zero-order valence-corrected chi connectivity index (χ0v) is 21.6. The molecule has 1 heterocycles. The van der Waals surface area contributed by atoms with Crippen LogP contribution >= 0.6 is 11.8 Å². The third-order valence-corrected chi connectivity index (χ3v) is 8.50. The summed E-state index contributed by atoms with van der Waals surface area (Å²) in [5.41, 5.74) is 3.32. The fourth-order valence-electron chi connectivity index (χ4n) is 3.66. The van der Waals surface area contributed by atoms with Gasteiger partial charge in [-0.3, -0.25) is 9.36 Å². The van der Waals surface area contributed by atoms with Crippen LogP contribution in [0.2, 0.25) is 0 Å². The molecule has 34 heavy (non-hydrogen) atoms. The van der Waals surface area contributed by atoms with E-state index in [0.717, 1.165) is 11.1 Å². The average Bonchev–Trinajstić information content (AvgIpc) is 3.22. The highest BCUT2D eigenvalue weighted by Gasteiger charge is 2.23. The number of thioether (sulfide) groups is 1. The van der Waals surface area contributed by atoms with Crippen LogP contribution in [0.1, 0.15) is 35.3 Å². The SMILES string of the molecule is C=CCn1c(SCC(=O)c2cc(C)ccc2C)nnc1-c1cccc(S(=O)(=O)N(CC)CC)c1. The minimum Gasteiger partial charge on any atom is -0.298 e. The Labute approximate surface area is 206 Å². The van der Waals surface area contributed by atoms with Crippen molar-refractivity contribution < 1.29 is 13.2 Å². The first kappa shape index (κ1) is 25.9. The summed E-state index contributed by atoms with van der Waals surface area (Å²) in [6.07, 6.45) is 1.72. The lowest BCUT2D eigenvalue weighted by Gasteiger charge is -2.18. The maximum Gasteiger partial charge on any atom is 0.243 e. The van der Waals surface area contributed by atoms with Crippen LogP contribution in [-0.2, 0) is 16.6 Å². The Kier molecular flexibility index (Phi) is 8.46. The van der Waals surface area contributed by atoms with Crippen molar-refractivity contribution in [1.29, 1.82) is 0 Å². The summed E-state index contributed by atoms with van der Waals surface area (Å²) in [4.78, 5) is 13.1. The second kappa shape index (κ2) is 11.1. The maximum absolute atomic E-state index is 13.0. The molecule has 0 aliphatic heterocycles. The molecule has 0 fully saturated rings. The molecule has 7 nitrogen and oxygen atoms in total. The van der Waals surface area contributed by atoms with Crippen molar-refractivity contribution in [1.82, 2.24) is 19.1 Å². The van der Waals surface area contributed by atoms with Gasteiger partial charge in [0.15, 0.2) is 16.8 Å². The van der Waals surface area contributed by atoms with Gasteiger partial charge in [0.05, 0.1) is 10.6 Å². The van der Waals surface area contributed by atoms with Crippen molar-refractivity contribution in [3.63, 3.8) is 0 Å². The van der Waals surface area contributed by atoms with Crippen LogP contribution in [-0.4, -0.2) is 52.1 Å². The molecule has 0 spiro atoms. The van der Waals surface area contributed by atoms with Gasteiger partial charge in [0.2, 0.25) is 10.0 Å². The summed E-state index contributed by atoms with van der Waals surface area (Å²) in [6, 6.07) is 12.6. The van der Waals surface area contributed by atoms with Crippen LogP contribution in [0.15, 0.2) is 65.2 Å². The lowest BCUT2D eigenvalue weighted by atomic mass is 10.0. The molecule has 0 radical (unpaired) electrons. The smallest absolute Gasteiger partial charge is 0.243 e. The lowest BCUT2D eigenvalue weighted by Crippen LogP contribution is -2.30. The largest absolute Gasteiger partial charge is 0.298 e. The minimum atomic E-state index is -3.60. The van der Waals surface area contributed by atoms with Gasteiger partial charge in [-0.05, 0) is 37.6 Å². The molecule has 0 aliphatic rings. The van der Waals surface area contributed by atoms with E-state index >= 15 is 0 Å². The number of aromatic nitrogens is 3. The zero-order chi connectivity index (χ0) is 24.9. The number of aryl methyl sites for hydroxylation is 2. The van der Waals surface area contributed by atoms with Crippen molar-refractivity contribution >= 4 is 27.6 Å². The second-order valence-electron chi connectivity index (χ2n) is 7.85. The van der Waals surface area contributed by atoms with E-state index in [2.05, 4.69) is 16.8 Å². The van der Waals surface area contributed by atoms with Crippen LogP contribution in [0, 0.1) is 13.8 Å². The number of benzene rings is 2. The third-order valence-electron chi connectivity index (χ3n) is 5.49. The highest BCUT2D eigenvalue weighted by molar-refractivity contribution is 7.99. The molecule has 0 unspecified atom stereocenters. The molecule has 9 heteroatoms. The molecule has 3 rings (SSSR count). The first-order chi connectivity index (χ1) is 16.2. The number of hydrogen-bond donors (Lipinski definition) is 0. The number of allylic oxidation sites excluding steroid dienone is 1. The van der Waals surface area contributed by atoms with Gasteiger partial charge < -0.3 is 0 Å². The van der Waals surface area contributed by atoms with E-state index in [1.54, 1.807) is 30.3 Å². The Morgan fingerprint density at radius 1 is 1.12 bits per heavy atom. The maximum atomic E-state index is 13.0. The van der Waals surface area contributed by atoms with Gasteiger partial charge in [-0.1, -0.05) is 61.5 Å². The zero-order valence-electron chi connectivity index (χ0n) is 20.0. The van der Waals surface area contributed by atoms with E-state index in [0.29, 0.717) is 41.7 Å². The average molecular weight is 499 g/mol. The molecule has 180 valence electrons. The molecule has 0 aliphatic carbocycles. The predicted molar refractivity (Wildman–Crippen MR) is 137 cm³/mol. The van der Waals surface area contributed by atoms with E-state index in [9.17, 15) is 13.2 Å². The fraction of sp³-hybridized carbons (Fsp3) is 0.320. The van der Waals surface area contributed by atoms with E-state index in [1.165, 1.54) is 16.1 Å². The molecule has 2 aromatic carbocycles. The molecule has 0 atom stereocenters. The topological polar surface area (TPSA) is 85.2 Å². The van der Waals surface area contributed by atoms with Crippen LogP contribution in [0.4, 0.5) is 0 Å². The number of sulfonamides is 1. The summed E-state index contributed by atoms with van der Waals surface area (Å²) >= 11 is 1.31. The second-order valence-corrected chi connectivity index (χ2v) is 10.7. The number of Topliss-reactive ketones (excluding diaryl/α,β-unsaturated/α-hetero) is 1. The Morgan fingerprint density at radius 3 is 2.53 bits per heavy atom. The standard InChI is InChI=1S/C25H30N4O3S2/c1-6-14-29-24(20-10-9-11-21(16-20)34(31,32)28(7-2)8-3)26-27-25(29)33-17-23(30)22-15-18(4)12-13-19(22)5/h6,9-13,15-16H,1,7-8,14,17H2,2-5H3. The van der Waals surface area contributed by atoms with Crippen molar-refractivity contribution in [2.45, 2.75) is 44.3 Å². The summed E-state index contributed by atoms with van der Waals surface area (Å²) in [7, 11) is -3.60. The number of carbonyl (C=O) groups is 1. The molecule has 0 saturated heterocycles. The van der Waals surface area contributed by atoms with Gasteiger partial charge in [-0.15, -0.1) is 16.8 Å². The Bertz CT molecular complexity index is 1300. The van der Waals surface area contributed by atoms with Crippen LogP contribution in [0.5, 0.6) is 0 Å². The van der Waals surface area contributed by atoms with E-state index < -0.39 is 10.0 Å². The minimum absolute atomic E-state index is 0.0215. The highest BCUT2D eigenvalue weighted by Crippen LogP contribution is 2.27. The van der Waals surface area contributed by atoms with Crippen molar-refractivity contribution in [2.24, 2.45) is 0 Å². The molecule has 0 bridgehead atoms. The Balaban J connectivity index is 1.91. The van der Waals surface area contributed by atoms with Gasteiger partial charge in [0.25, 0.3) is 0 Å². The number of nitrogens with zero attached hydrogens (tertiary/aromatic N) is 4. The summed E-state index contributed by atoms with van der Waals surface area (Å²) in [5, 5.41) is 9.19. The predicted octanol–water partition coefficient (Wildman–Crippen LogP) is 4.75. The monoisotopic (exact) mass is 498 g/mol. The van der Waals surface area contributed by atoms with E-state index in [4.69, 9.17) is 0 Å².